The summed E-state index contributed by atoms with van der Waals surface area (Å²) in [6.07, 6.45) is 6.09. The number of hydrogen-bond donors (Lipinski definition) is 0. The van der Waals surface area contributed by atoms with Crippen LogP contribution in [0.1, 0.15) is 124 Å². The van der Waals surface area contributed by atoms with Crippen LogP contribution in [0.4, 0.5) is 22.7 Å². The Kier molecular flexibility index (Phi) is 12.9. The molecule has 11 aromatic rings. The molecule has 416 valence electrons. The number of anilines is 4. The molecule has 0 amide bonds. The van der Waals surface area contributed by atoms with E-state index in [1.54, 1.807) is 0 Å². The number of benzene rings is 9. The number of rotatable bonds is 13. The van der Waals surface area contributed by atoms with E-state index in [9.17, 15) is 0 Å². The van der Waals surface area contributed by atoms with Gasteiger partial charge in [0.05, 0.1) is 34.9 Å². The first-order valence-electron chi connectivity index (χ1n) is 32.1. The number of aromatic nitrogens is 2. The summed E-state index contributed by atoms with van der Waals surface area (Å²) in [6, 6.07) is 61.2. The van der Waals surface area contributed by atoms with E-state index < -0.39 is 6.04 Å². The van der Waals surface area contributed by atoms with Gasteiger partial charge in [-0.3, -0.25) is 4.57 Å². The second-order valence-electron chi connectivity index (χ2n) is 25.5. The number of nitrogens with zero attached hydrogens (tertiary/aromatic N) is 4. The summed E-state index contributed by atoms with van der Waals surface area (Å²) >= 11 is 0. The van der Waals surface area contributed by atoms with Crippen molar-refractivity contribution >= 4 is 44.6 Å². The summed E-state index contributed by atoms with van der Waals surface area (Å²) in [5.41, 5.74) is 18.8. The maximum atomic E-state index is 9.15. The van der Waals surface area contributed by atoms with Gasteiger partial charge in [0.25, 0.3) is 0 Å². The Morgan fingerprint density at radius 3 is 1.86 bits per heavy atom. The maximum absolute atomic E-state index is 9.15. The molecule has 12 rings (SSSR count). The van der Waals surface area contributed by atoms with E-state index in [0.29, 0.717) is 18.0 Å². The Balaban J connectivity index is 0.992. The van der Waals surface area contributed by atoms with Gasteiger partial charge in [0.1, 0.15) is 24.0 Å². The Bertz CT molecular complexity index is 4470. The fourth-order valence-corrected chi connectivity index (χ4v) is 12.1. The average molecular weight is 1090 g/mol. The lowest BCUT2D eigenvalue weighted by Gasteiger charge is -2.28. The molecule has 83 heavy (non-hydrogen) atoms. The number of aryl methyl sites for hydroxylation is 2. The summed E-state index contributed by atoms with van der Waals surface area (Å²) < 4.78 is 53.5. The first kappa shape index (κ1) is 49.0. The van der Waals surface area contributed by atoms with Gasteiger partial charge in [0.15, 0.2) is 0 Å². The molecule has 0 bridgehead atoms. The third kappa shape index (κ3) is 10.7. The van der Waals surface area contributed by atoms with E-state index in [-0.39, 0.29) is 46.0 Å². The lowest BCUT2D eigenvalue weighted by molar-refractivity contribution is 0.483. The van der Waals surface area contributed by atoms with Crippen molar-refractivity contribution in [1.29, 1.82) is 0 Å². The van der Waals surface area contributed by atoms with Crippen LogP contribution in [0.25, 0.3) is 72.1 Å². The first-order valence-corrected chi connectivity index (χ1v) is 29.6. The third-order valence-electron chi connectivity index (χ3n) is 16.5. The summed E-state index contributed by atoms with van der Waals surface area (Å²) in [6.45, 7) is 24.9. The Morgan fingerprint density at radius 1 is 0.482 bits per heavy atom. The van der Waals surface area contributed by atoms with Crippen molar-refractivity contribution in [2.45, 2.75) is 118 Å². The Labute approximate surface area is 499 Å². The molecule has 0 aliphatic carbocycles. The van der Waals surface area contributed by atoms with Crippen LogP contribution >= 0.6 is 0 Å². The van der Waals surface area contributed by atoms with Gasteiger partial charge in [-0.1, -0.05) is 216 Å². The second-order valence-corrected chi connectivity index (χ2v) is 25.5. The van der Waals surface area contributed by atoms with Gasteiger partial charge in [0.2, 0.25) is 0 Å². The third-order valence-corrected chi connectivity index (χ3v) is 16.5. The minimum atomic E-state index is -0.415. The van der Waals surface area contributed by atoms with Gasteiger partial charge in [0, 0.05) is 45.9 Å². The summed E-state index contributed by atoms with van der Waals surface area (Å²) in [5, 5.41) is 2.47. The summed E-state index contributed by atoms with van der Waals surface area (Å²) in [7, 11) is 0. The lowest BCUT2D eigenvalue weighted by Crippen LogP contribution is -2.25. The van der Waals surface area contributed by atoms with Crippen LogP contribution in [0.2, 0.25) is 0 Å². The van der Waals surface area contributed by atoms with Gasteiger partial charge in [-0.05, 0) is 157 Å². The molecule has 0 fully saturated rings. The molecule has 0 unspecified atom stereocenters. The van der Waals surface area contributed by atoms with E-state index in [0.717, 1.165) is 110 Å². The van der Waals surface area contributed by atoms with Crippen molar-refractivity contribution in [3.05, 3.63) is 240 Å². The standard InChI is InChI=1S/C78H78N4O/c1-12-22-54-36-41-71-74(65(54)23-13-2)68-40-39-64(50-72(68)82(71)73-48-60(42-43-79-73)77(6,7)8)83-63-29-20-28-62(49-63)80-51-81(70-33-18-17-32-69(70)80)75-66(56-27-19-26-55(44-56)53-34-37-59(38-35-53)76(3,4)5)30-21-31-67(75)58-45-57(52-24-15-14-16-25-52)46-61(47-58)78(9,10)11/h14-21,24-50H,12-13,22-23,51H2,1-11H3/i14D,15D,16D,24D,25D. The predicted octanol–water partition coefficient (Wildman–Crippen LogP) is 21.7. The molecule has 0 saturated carbocycles. The number of fused-ring (bicyclic) bond motifs is 4. The number of hydrogen-bond acceptors (Lipinski definition) is 4. The number of para-hydroxylation sites is 3. The largest absolute Gasteiger partial charge is 0.457 e. The smallest absolute Gasteiger partial charge is 0.137 e. The van der Waals surface area contributed by atoms with Crippen molar-refractivity contribution in [1.82, 2.24) is 9.55 Å². The minimum Gasteiger partial charge on any atom is -0.457 e. The molecular weight excluding hydrogens is 1010 g/mol. The monoisotopic (exact) mass is 1090 g/mol. The van der Waals surface area contributed by atoms with Crippen LogP contribution < -0.4 is 14.5 Å². The molecule has 9 aromatic carbocycles. The highest BCUT2D eigenvalue weighted by molar-refractivity contribution is 6.11. The molecule has 0 atom stereocenters. The second kappa shape index (κ2) is 21.9. The van der Waals surface area contributed by atoms with Crippen LogP contribution in [0, 0.1) is 0 Å². The molecule has 0 spiro atoms. The number of pyridine rings is 1. The van der Waals surface area contributed by atoms with Crippen molar-refractivity contribution in [3.8, 4) is 61.8 Å². The average Bonchev–Trinajstić information content (AvgIpc) is 1.57. The molecule has 5 heteroatoms. The van der Waals surface area contributed by atoms with E-state index in [2.05, 4.69) is 248 Å². The zero-order valence-electron chi connectivity index (χ0n) is 55.1. The zero-order valence-corrected chi connectivity index (χ0v) is 50.1. The van der Waals surface area contributed by atoms with E-state index in [4.69, 9.17) is 16.6 Å². The Hall–Kier alpha value is -8.67. The maximum Gasteiger partial charge on any atom is 0.137 e. The normalized spacial score (nSPS) is 13.7. The highest BCUT2D eigenvalue weighted by Gasteiger charge is 2.32. The van der Waals surface area contributed by atoms with Crippen LogP contribution in [0.15, 0.2) is 212 Å². The fraction of sp³-hybridized carbons (Fsp3) is 0.244. The molecule has 1 aliphatic heterocycles. The zero-order chi connectivity index (χ0) is 62.1. The van der Waals surface area contributed by atoms with E-state index in [1.807, 2.05) is 24.4 Å². The molecule has 0 radical (unpaired) electrons. The molecule has 3 heterocycles. The van der Waals surface area contributed by atoms with Gasteiger partial charge in [-0.25, -0.2) is 4.98 Å². The van der Waals surface area contributed by atoms with Crippen LogP contribution in [0.3, 0.4) is 0 Å². The lowest BCUT2D eigenvalue weighted by atomic mass is 9.82. The van der Waals surface area contributed by atoms with Crippen molar-refractivity contribution in [2.24, 2.45) is 0 Å². The highest BCUT2D eigenvalue weighted by atomic mass is 16.5. The molecule has 2 aromatic heterocycles. The van der Waals surface area contributed by atoms with Gasteiger partial charge in [-0.15, -0.1) is 0 Å². The van der Waals surface area contributed by atoms with Gasteiger partial charge < -0.3 is 14.5 Å². The van der Waals surface area contributed by atoms with Gasteiger partial charge in [-0.2, -0.15) is 0 Å². The van der Waals surface area contributed by atoms with E-state index >= 15 is 0 Å². The topological polar surface area (TPSA) is 33.5 Å². The van der Waals surface area contributed by atoms with Crippen molar-refractivity contribution in [2.75, 3.05) is 16.5 Å². The Morgan fingerprint density at radius 2 is 1.13 bits per heavy atom. The minimum absolute atomic E-state index is 0.0183. The van der Waals surface area contributed by atoms with Crippen LogP contribution in [-0.2, 0) is 29.1 Å². The summed E-state index contributed by atoms with van der Waals surface area (Å²) in [5.74, 6) is 2.31. The molecule has 0 N–H and O–H groups in total. The quantitative estimate of drug-likeness (QED) is 0.115. The SMILES string of the molecule is [2H]c1c([2H])c([2H])c(-c2cc(-c3cccc(-c4cccc(-c5ccc(C(C)(C)C)cc5)c4)c3N3CN(c4cccc(Oc5ccc6c7c(CCC)c(CCC)ccc7n(-c7cc(C(C)(C)C)ccn7)c6c5)c4)c4ccccc43)cc(C(C)(C)C)c2)c([2H])c1[2H]. The number of ether oxygens (including phenoxy) is 1. The van der Waals surface area contributed by atoms with E-state index in [1.165, 1.54) is 33.0 Å². The van der Waals surface area contributed by atoms with Crippen LogP contribution in [-0.4, -0.2) is 16.2 Å². The van der Waals surface area contributed by atoms with Crippen molar-refractivity contribution in [3.63, 3.8) is 0 Å². The van der Waals surface area contributed by atoms with Crippen molar-refractivity contribution < 1.29 is 11.6 Å². The molecule has 0 saturated heterocycles. The van der Waals surface area contributed by atoms with Crippen LogP contribution in [0.5, 0.6) is 11.5 Å². The fourth-order valence-electron chi connectivity index (χ4n) is 12.1. The highest BCUT2D eigenvalue weighted by Crippen LogP contribution is 2.52. The first-order chi connectivity index (χ1) is 42.0. The molecular formula is C78H78N4O. The predicted molar refractivity (Wildman–Crippen MR) is 353 cm³/mol. The summed E-state index contributed by atoms with van der Waals surface area (Å²) in [4.78, 5) is 9.79. The molecule has 1 aliphatic rings. The van der Waals surface area contributed by atoms with Gasteiger partial charge >= 0.3 is 0 Å². The molecule has 5 nitrogen and oxygen atoms in total.